The second-order valence-corrected chi connectivity index (χ2v) is 7.50. The minimum absolute atomic E-state index is 0.0753. The standard InChI is InChI=1S/C23H20F3N3O5/c1-2-33-17-9-4-3-8-15(17)20-19-16(12-34-21(19)31)29(22(32)28-20)11-18(30)27-14-7-5-6-13(10-14)23(24,25)26/h3-10,20H,2,11-12H2,1H3,(H,27,30)(H,28,32)/t20-/m1/s1. The number of anilines is 1. The molecule has 1 atom stereocenters. The predicted molar refractivity (Wildman–Crippen MR) is 114 cm³/mol. The summed E-state index contributed by atoms with van der Waals surface area (Å²) < 4.78 is 49.6. The lowest BCUT2D eigenvalue weighted by atomic mass is 9.95. The zero-order chi connectivity index (χ0) is 24.5. The van der Waals surface area contributed by atoms with Crippen LogP contribution in [0.5, 0.6) is 5.75 Å². The highest BCUT2D eigenvalue weighted by molar-refractivity contribution is 6.00. The average molecular weight is 475 g/mol. The third-order valence-corrected chi connectivity index (χ3v) is 5.30. The van der Waals surface area contributed by atoms with Gasteiger partial charge in [-0.1, -0.05) is 24.3 Å². The summed E-state index contributed by atoms with van der Waals surface area (Å²) in [6.07, 6.45) is -4.57. The molecular weight excluding hydrogens is 455 g/mol. The summed E-state index contributed by atoms with van der Waals surface area (Å²) in [5, 5.41) is 5.05. The Bertz CT molecular complexity index is 1180. The van der Waals surface area contributed by atoms with Gasteiger partial charge in [0.1, 0.15) is 18.9 Å². The summed E-state index contributed by atoms with van der Waals surface area (Å²) in [4.78, 5) is 39.0. The van der Waals surface area contributed by atoms with Crippen LogP contribution in [0.2, 0.25) is 0 Å². The number of carbonyl (C=O) groups excluding carboxylic acids is 3. The Morgan fingerprint density at radius 1 is 1.21 bits per heavy atom. The number of nitrogens with zero attached hydrogens (tertiary/aromatic N) is 1. The van der Waals surface area contributed by atoms with Crippen LogP contribution in [0.3, 0.4) is 0 Å². The summed E-state index contributed by atoms with van der Waals surface area (Å²) >= 11 is 0. The van der Waals surface area contributed by atoms with E-state index in [1.807, 2.05) is 0 Å². The number of urea groups is 1. The van der Waals surface area contributed by atoms with Crippen LogP contribution in [-0.4, -0.2) is 42.6 Å². The van der Waals surface area contributed by atoms with Crippen molar-refractivity contribution >= 4 is 23.6 Å². The summed E-state index contributed by atoms with van der Waals surface area (Å²) in [7, 11) is 0. The maximum absolute atomic E-state index is 12.9. The fourth-order valence-electron chi connectivity index (χ4n) is 3.83. The number of halogens is 3. The number of rotatable bonds is 6. The number of para-hydroxylation sites is 1. The number of ether oxygens (including phenoxy) is 2. The van der Waals surface area contributed by atoms with Crippen molar-refractivity contribution in [3.8, 4) is 5.75 Å². The van der Waals surface area contributed by atoms with Gasteiger partial charge in [0.05, 0.1) is 29.5 Å². The van der Waals surface area contributed by atoms with Crippen molar-refractivity contribution in [2.45, 2.75) is 19.1 Å². The predicted octanol–water partition coefficient (Wildman–Crippen LogP) is 3.62. The zero-order valence-corrected chi connectivity index (χ0v) is 17.9. The monoisotopic (exact) mass is 475 g/mol. The number of benzene rings is 2. The van der Waals surface area contributed by atoms with Gasteiger partial charge in [0.15, 0.2) is 0 Å². The van der Waals surface area contributed by atoms with Gasteiger partial charge in [0.2, 0.25) is 5.91 Å². The number of cyclic esters (lactones) is 1. The molecule has 0 radical (unpaired) electrons. The zero-order valence-electron chi connectivity index (χ0n) is 17.9. The van der Waals surface area contributed by atoms with Crippen LogP contribution in [0.15, 0.2) is 59.8 Å². The van der Waals surface area contributed by atoms with Gasteiger partial charge >= 0.3 is 18.2 Å². The van der Waals surface area contributed by atoms with Gasteiger partial charge in [-0.3, -0.25) is 9.69 Å². The SMILES string of the molecule is CCOc1ccccc1[C@H]1NC(=O)N(CC(=O)Nc2cccc(C(F)(F)F)c2)C2=C1C(=O)OC2. The molecule has 178 valence electrons. The third kappa shape index (κ3) is 4.54. The first-order valence-corrected chi connectivity index (χ1v) is 10.4. The van der Waals surface area contributed by atoms with Gasteiger partial charge in [-0.25, -0.2) is 9.59 Å². The van der Waals surface area contributed by atoms with Crippen LogP contribution in [0.1, 0.15) is 24.1 Å². The topological polar surface area (TPSA) is 97.0 Å². The molecule has 0 saturated carbocycles. The van der Waals surface area contributed by atoms with Gasteiger partial charge in [-0.15, -0.1) is 0 Å². The van der Waals surface area contributed by atoms with Gasteiger partial charge in [-0.2, -0.15) is 13.2 Å². The Balaban J connectivity index is 1.59. The van der Waals surface area contributed by atoms with Crippen molar-refractivity contribution in [1.82, 2.24) is 10.2 Å². The number of hydrogen-bond acceptors (Lipinski definition) is 5. The third-order valence-electron chi connectivity index (χ3n) is 5.30. The molecule has 0 aliphatic carbocycles. The van der Waals surface area contributed by atoms with Gasteiger partial charge in [0, 0.05) is 11.3 Å². The van der Waals surface area contributed by atoms with Crippen molar-refractivity contribution in [3.63, 3.8) is 0 Å². The molecule has 2 heterocycles. The molecule has 0 bridgehead atoms. The van der Waals surface area contributed by atoms with Crippen molar-refractivity contribution in [2.75, 3.05) is 25.1 Å². The first-order chi connectivity index (χ1) is 16.2. The second-order valence-electron chi connectivity index (χ2n) is 7.50. The van der Waals surface area contributed by atoms with Crippen LogP contribution in [0.25, 0.3) is 0 Å². The number of nitrogens with one attached hydrogen (secondary N) is 2. The fourth-order valence-corrected chi connectivity index (χ4v) is 3.83. The lowest BCUT2D eigenvalue weighted by molar-refractivity contribution is -0.138. The molecule has 2 aliphatic rings. The van der Waals surface area contributed by atoms with E-state index in [-0.39, 0.29) is 23.6 Å². The summed E-state index contributed by atoms with van der Waals surface area (Å²) in [6.45, 7) is 1.43. The fraction of sp³-hybridized carbons (Fsp3) is 0.261. The van der Waals surface area contributed by atoms with E-state index in [4.69, 9.17) is 9.47 Å². The van der Waals surface area contributed by atoms with Crippen LogP contribution in [-0.2, 0) is 20.5 Å². The molecule has 8 nitrogen and oxygen atoms in total. The lowest BCUT2D eigenvalue weighted by Gasteiger charge is -2.33. The molecule has 0 saturated heterocycles. The van der Waals surface area contributed by atoms with Crippen LogP contribution >= 0.6 is 0 Å². The first-order valence-electron chi connectivity index (χ1n) is 10.4. The van der Waals surface area contributed by atoms with Gasteiger partial charge in [-0.05, 0) is 31.2 Å². The molecule has 34 heavy (non-hydrogen) atoms. The first kappa shape index (κ1) is 23.1. The molecular formula is C23H20F3N3O5. The molecule has 0 fully saturated rings. The Morgan fingerprint density at radius 3 is 2.71 bits per heavy atom. The summed E-state index contributed by atoms with van der Waals surface area (Å²) in [5.74, 6) is -0.902. The Morgan fingerprint density at radius 2 is 1.97 bits per heavy atom. The molecule has 4 rings (SSSR count). The van der Waals surface area contributed by atoms with Gasteiger partial charge < -0.3 is 20.1 Å². The van der Waals surface area contributed by atoms with Crippen LogP contribution < -0.4 is 15.4 Å². The van der Waals surface area contributed by atoms with Crippen molar-refractivity contribution < 1.29 is 37.0 Å². The van der Waals surface area contributed by atoms with Crippen LogP contribution in [0.4, 0.5) is 23.7 Å². The maximum atomic E-state index is 12.9. The maximum Gasteiger partial charge on any atom is 0.416 e. The normalized spacial score (nSPS) is 17.8. The van der Waals surface area contributed by atoms with E-state index < -0.39 is 42.2 Å². The molecule has 2 aliphatic heterocycles. The van der Waals surface area contributed by atoms with Crippen molar-refractivity contribution in [2.24, 2.45) is 0 Å². The van der Waals surface area contributed by atoms with E-state index in [1.54, 1.807) is 31.2 Å². The smallest absolute Gasteiger partial charge is 0.416 e. The van der Waals surface area contributed by atoms with E-state index in [9.17, 15) is 27.6 Å². The van der Waals surface area contributed by atoms with Gasteiger partial charge in [0.25, 0.3) is 0 Å². The number of hydrogen-bond donors (Lipinski definition) is 2. The molecule has 2 aromatic rings. The Hall–Kier alpha value is -4.02. The molecule has 0 spiro atoms. The largest absolute Gasteiger partial charge is 0.494 e. The minimum atomic E-state index is -4.57. The summed E-state index contributed by atoms with van der Waals surface area (Å²) in [6, 6.07) is 9.55. The Labute approximate surface area is 192 Å². The molecule has 3 amide bonds. The molecule has 0 aromatic heterocycles. The van der Waals surface area contributed by atoms with Crippen LogP contribution in [0, 0.1) is 0 Å². The highest BCUT2D eigenvalue weighted by atomic mass is 19.4. The number of esters is 1. The van der Waals surface area contributed by atoms with E-state index >= 15 is 0 Å². The number of amides is 3. The van der Waals surface area contributed by atoms with E-state index in [2.05, 4.69) is 10.6 Å². The molecule has 2 aromatic carbocycles. The van der Waals surface area contributed by atoms with Crippen molar-refractivity contribution in [3.05, 3.63) is 70.9 Å². The minimum Gasteiger partial charge on any atom is -0.494 e. The van der Waals surface area contributed by atoms with E-state index in [1.165, 1.54) is 6.07 Å². The average Bonchev–Trinajstić information content (AvgIpc) is 3.17. The number of alkyl halides is 3. The quantitative estimate of drug-likeness (QED) is 0.623. The van der Waals surface area contributed by atoms with Crippen molar-refractivity contribution in [1.29, 1.82) is 0 Å². The molecule has 11 heteroatoms. The highest BCUT2D eigenvalue weighted by Gasteiger charge is 2.43. The number of carbonyl (C=O) groups is 3. The summed E-state index contributed by atoms with van der Waals surface area (Å²) in [5.41, 5.74) is -0.0645. The Kier molecular flexibility index (Phi) is 6.18. The second kappa shape index (κ2) is 9.08. The lowest BCUT2D eigenvalue weighted by Crippen LogP contribution is -2.49. The van der Waals surface area contributed by atoms with E-state index in [0.29, 0.717) is 17.9 Å². The molecule has 0 unspecified atom stereocenters. The van der Waals surface area contributed by atoms with E-state index in [0.717, 1.165) is 23.1 Å². The highest BCUT2D eigenvalue weighted by Crippen LogP contribution is 2.38. The molecule has 2 N–H and O–H groups in total.